The first-order chi connectivity index (χ1) is 7.54. The fourth-order valence-electron chi connectivity index (χ4n) is 1.50. The molecule has 4 heteroatoms. The minimum atomic E-state index is -0.560. The third-order valence-electron chi connectivity index (χ3n) is 2.30. The first-order valence-electron chi connectivity index (χ1n) is 5.34. The number of amides is 1. The summed E-state index contributed by atoms with van der Waals surface area (Å²) in [5.41, 5.74) is 0.101. The Balaban J connectivity index is 2.73. The number of nitrogens with one attached hydrogen (secondary N) is 1. The predicted molar refractivity (Wildman–Crippen MR) is 59.9 cm³/mol. The van der Waals surface area contributed by atoms with Crippen LogP contribution in [0.2, 0.25) is 0 Å². The highest BCUT2D eigenvalue weighted by Gasteiger charge is 2.13. The Hall–Kier alpha value is -1.58. The zero-order valence-electron chi connectivity index (χ0n) is 9.46. The Kier molecular flexibility index (Phi) is 4.28. The first kappa shape index (κ1) is 12.5. The second kappa shape index (κ2) is 5.49. The van der Waals surface area contributed by atoms with Gasteiger partial charge in [-0.05, 0) is 25.5 Å². The summed E-state index contributed by atoms with van der Waals surface area (Å²) in [6.45, 7) is 3.92. The molecule has 0 aromatic heterocycles. The number of benzene rings is 1. The fraction of sp³-hybridized carbons (Fsp3) is 0.417. The van der Waals surface area contributed by atoms with Crippen molar-refractivity contribution in [2.24, 2.45) is 0 Å². The van der Waals surface area contributed by atoms with Crippen LogP contribution in [-0.2, 0) is 0 Å². The zero-order valence-corrected chi connectivity index (χ0v) is 9.46. The highest BCUT2D eigenvalue weighted by molar-refractivity contribution is 5.96. The predicted octanol–water partition coefficient (Wildman–Crippen LogP) is 2.45. The van der Waals surface area contributed by atoms with Crippen molar-refractivity contribution < 1.29 is 14.3 Å². The van der Waals surface area contributed by atoms with E-state index in [0.717, 1.165) is 25.0 Å². The van der Waals surface area contributed by atoms with Crippen molar-refractivity contribution in [3.63, 3.8) is 0 Å². The normalized spacial score (nSPS) is 12.2. The lowest BCUT2D eigenvalue weighted by Crippen LogP contribution is -2.32. The lowest BCUT2D eigenvalue weighted by atomic mass is 10.1. The summed E-state index contributed by atoms with van der Waals surface area (Å²) < 4.78 is 12.7. The Morgan fingerprint density at radius 2 is 2.25 bits per heavy atom. The van der Waals surface area contributed by atoms with Gasteiger partial charge in [0.25, 0.3) is 5.91 Å². The molecule has 1 unspecified atom stereocenters. The van der Waals surface area contributed by atoms with Crippen molar-refractivity contribution in [1.29, 1.82) is 0 Å². The summed E-state index contributed by atoms with van der Waals surface area (Å²) in [6, 6.07) is 3.40. The maximum absolute atomic E-state index is 12.7. The van der Waals surface area contributed by atoms with Crippen LogP contribution in [0, 0.1) is 5.82 Å². The van der Waals surface area contributed by atoms with E-state index in [2.05, 4.69) is 5.32 Å². The minimum absolute atomic E-state index is 0.0435. The highest BCUT2D eigenvalue weighted by Crippen LogP contribution is 2.18. The van der Waals surface area contributed by atoms with Crippen LogP contribution < -0.4 is 5.32 Å². The molecule has 3 nitrogen and oxygen atoms in total. The number of hydrogen-bond donors (Lipinski definition) is 2. The zero-order chi connectivity index (χ0) is 12.1. The molecule has 0 aliphatic rings. The molecule has 1 amide bonds. The van der Waals surface area contributed by atoms with Crippen LogP contribution in [0.3, 0.4) is 0 Å². The van der Waals surface area contributed by atoms with E-state index < -0.39 is 5.82 Å². The molecule has 16 heavy (non-hydrogen) atoms. The van der Waals surface area contributed by atoms with Gasteiger partial charge in [-0.3, -0.25) is 4.79 Å². The van der Waals surface area contributed by atoms with E-state index in [0.29, 0.717) is 0 Å². The van der Waals surface area contributed by atoms with Crippen LogP contribution >= 0.6 is 0 Å². The van der Waals surface area contributed by atoms with Crippen molar-refractivity contribution in [2.45, 2.75) is 32.7 Å². The summed E-state index contributed by atoms with van der Waals surface area (Å²) in [7, 11) is 0. The molecular weight excluding hydrogens is 209 g/mol. The van der Waals surface area contributed by atoms with E-state index in [-0.39, 0.29) is 23.3 Å². The largest absolute Gasteiger partial charge is 0.507 e. The molecule has 0 spiro atoms. The maximum Gasteiger partial charge on any atom is 0.255 e. The maximum atomic E-state index is 12.7. The molecule has 0 heterocycles. The van der Waals surface area contributed by atoms with Gasteiger partial charge in [-0.1, -0.05) is 13.3 Å². The van der Waals surface area contributed by atoms with Gasteiger partial charge in [0.1, 0.15) is 11.6 Å². The average molecular weight is 225 g/mol. The van der Waals surface area contributed by atoms with Crippen LogP contribution in [0.5, 0.6) is 5.75 Å². The standard InChI is InChI=1S/C12H16FNO2/c1-3-4-8(2)14-12(16)10-6-5-9(13)7-11(10)15/h5-8,15H,3-4H2,1-2H3,(H,14,16). The smallest absolute Gasteiger partial charge is 0.255 e. The van der Waals surface area contributed by atoms with Crippen molar-refractivity contribution in [1.82, 2.24) is 5.32 Å². The number of hydrogen-bond acceptors (Lipinski definition) is 2. The molecule has 0 fully saturated rings. The number of phenols is 1. The Morgan fingerprint density at radius 1 is 1.56 bits per heavy atom. The van der Waals surface area contributed by atoms with Gasteiger partial charge >= 0.3 is 0 Å². The fourth-order valence-corrected chi connectivity index (χ4v) is 1.50. The molecule has 0 saturated carbocycles. The van der Waals surface area contributed by atoms with Crippen LogP contribution in [-0.4, -0.2) is 17.1 Å². The summed E-state index contributed by atoms with van der Waals surface area (Å²) in [6.07, 6.45) is 1.84. The van der Waals surface area contributed by atoms with Gasteiger partial charge < -0.3 is 10.4 Å². The van der Waals surface area contributed by atoms with E-state index >= 15 is 0 Å². The Morgan fingerprint density at radius 3 is 2.81 bits per heavy atom. The molecule has 1 aromatic rings. The molecule has 0 aliphatic carbocycles. The van der Waals surface area contributed by atoms with Gasteiger partial charge in [-0.15, -0.1) is 0 Å². The Labute approximate surface area is 94.3 Å². The monoisotopic (exact) mass is 225 g/mol. The van der Waals surface area contributed by atoms with Crippen molar-refractivity contribution >= 4 is 5.91 Å². The number of carbonyl (C=O) groups is 1. The van der Waals surface area contributed by atoms with Gasteiger partial charge in [-0.25, -0.2) is 4.39 Å². The number of halogens is 1. The second-order valence-corrected chi connectivity index (χ2v) is 3.82. The third kappa shape index (κ3) is 3.22. The minimum Gasteiger partial charge on any atom is -0.507 e. The number of aromatic hydroxyl groups is 1. The van der Waals surface area contributed by atoms with E-state index in [4.69, 9.17) is 0 Å². The lowest BCUT2D eigenvalue weighted by molar-refractivity contribution is 0.0935. The quantitative estimate of drug-likeness (QED) is 0.826. The molecule has 1 aromatic carbocycles. The summed E-state index contributed by atoms with van der Waals surface area (Å²) in [4.78, 5) is 11.7. The lowest BCUT2D eigenvalue weighted by Gasteiger charge is -2.13. The summed E-state index contributed by atoms with van der Waals surface area (Å²) in [5, 5.41) is 12.1. The van der Waals surface area contributed by atoms with E-state index in [9.17, 15) is 14.3 Å². The topological polar surface area (TPSA) is 49.3 Å². The highest BCUT2D eigenvalue weighted by atomic mass is 19.1. The summed E-state index contributed by atoms with van der Waals surface area (Å²) >= 11 is 0. The first-order valence-corrected chi connectivity index (χ1v) is 5.34. The van der Waals surface area contributed by atoms with Crippen molar-refractivity contribution in [2.75, 3.05) is 0 Å². The van der Waals surface area contributed by atoms with Crippen molar-refractivity contribution in [3.8, 4) is 5.75 Å². The second-order valence-electron chi connectivity index (χ2n) is 3.82. The third-order valence-corrected chi connectivity index (χ3v) is 2.30. The van der Waals surface area contributed by atoms with Crippen molar-refractivity contribution in [3.05, 3.63) is 29.6 Å². The SMILES string of the molecule is CCCC(C)NC(=O)c1ccc(F)cc1O. The van der Waals surface area contributed by atoms with Crippen LogP contribution in [0.4, 0.5) is 4.39 Å². The van der Waals surface area contributed by atoms with Gasteiger partial charge in [0.2, 0.25) is 0 Å². The van der Waals surface area contributed by atoms with Crippen LogP contribution in [0.15, 0.2) is 18.2 Å². The molecule has 2 N–H and O–H groups in total. The molecule has 1 atom stereocenters. The number of phenolic OH excluding ortho intramolecular Hbond substituents is 1. The molecular formula is C12H16FNO2. The van der Waals surface area contributed by atoms with E-state index in [1.807, 2.05) is 13.8 Å². The summed E-state index contributed by atoms with van der Waals surface area (Å²) in [5.74, 6) is -1.27. The molecule has 0 radical (unpaired) electrons. The molecule has 1 rings (SSSR count). The molecule has 0 aliphatic heterocycles. The molecule has 0 bridgehead atoms. The van der Waals surface area contributed by atoms with Crippen LogP contribution in [0.1, 0.15) is 37.0 Å². The van der Waals surface area contributed by atoms with Gasteiger partial charge in [-0.2, -0.15) is 0 Å². The number of carbonyl (C=O) groups excluding carboxylic acids is 1. The average Bonchev–Trinajstić information content (AvgIpc) is 2.17. The van der Waals surface area contributed by atoms with Gasteiger partial charge in [0.15, 0.2) is 0 Å². The molecule has 0 saturated heterocycles. The van der Waals surface area contributed by atoms with E-state index in [1.54, 1.807) is 0 Å². The Bertz CT molecular complexity index is 379. The van der Waals surface area contributed by atoms with Gasteiger partial charge in [0, 0.05) is 12.1 Å². The molecule has 88 valence electrons. The number of rotatable bonds is 4. The van der Waals surface area contributed by atoms with Gasteiger partial charge in [0.05, 0.1) is 5.56 Å². The van der Waals surface area contributed by atoms with Crippen LogP contribution in [0.25, 0.3) is 0 Å². The van der Waals surface area contributed by atoms with E-state index in [1.165, 1.54) is 6.07 Å².